The Kier molecular flexibility index (Phi) is 3.33. The van der Waals surface area contributed by atoms with Crippen LogP contribution in [0.15, 0.2) is 42.6 Å². The highest BCUT2D eigenvalue weighted by molar-refractivity contribution is 5.45. The lowest BCUT2D eigenvalue weighted by Gasteiger charge is -2.14. The highest BCUT2D eigenvalue weighted by Crippen LogP contribution is 2.34. The van der Waals surface area contributed by atoms with Gasteiger partial charge in [-0.05, 0) is 36.8 Å². The Balaban J connectivity index is 1.65. The number of nitrogens with zero attached hydrogens (tertiary/aromatic N) is 1. The largest absolute Gasteiger partial charge is 0.454 e. The predicted octanol–water partition coefficient (Wildman–Crippen LogP) is 2.66. The molecule has 2 heterocycles. The van der Waals surface area contributed by atoms with Crippen LogP contribution in [0.25, 0.3) is 0 Å². The summed E-state index contributed by atoms with van der Waals surface area (Å²) in [6, 6.07) is 12.2. The van der Waals surface area contributed by atoms with Crippen molar-refractivity contribution in [1.82, 2.24) is 10.3 Å². The molecule has 1 aliphatic heterocycles. The van der Waals surface area contributed by atoms with Gasteiger partial charge >= 0.3 is 0 Å². The van der Waals surface area contributed by atoms with Crippen molar-refractivity contribution in [3.8, 4) is 11.5 Å². The lowest BCUT2D eigenvalue weighted by Crippen LogP contribution is -2.18. The molecule has 0 amide bonds. The molecule has 1 aliphatic rings. The van der Waals surface area contributed by atoms with Gasteiger partial charge in [-0.1, -0.05) is 12.1 Å². The fraction of sp³-hybridized carbons (Fsp3) is 0.267. The van der Waals surface area contributed by atoms with Crippen molar-refractivity contribution in [1.29, 1.82) is 0 Å². The van der Waals surface area contributed by atoms with E-state index >= 15 is 0 Å². The van der Waals surface area contributed by atoms with E-state index in [1.165, 1.54) is 5.56 Å². The van der Waals surface area contributed by atoms with E-state index in [4.69, 9.17) is 9.47 Å². The van der Waals surface area contributed by atoms with Gasteiger partial charge in [0.15, 0.2) is 11.5 Å². The van der Waals surface area contributed by atoms with Crippen molar-refractivity contribution in [2.75, 3.05) is 6.79 Å². The Morgan fingerprint density at radius 2 is 2.11 bits per heavy atom. The standard InChI is InChI=1S/C15H16N2O2/c1-11(17-9-13-4-2-3-7-16-13)12-5-6-14-15(8-12)19-10-18-14/h2-8,11,17H,9-10H2,1H3. The van der Waals surface area contributed by atoms with Crippen molar-refractivity contribution < 1.29 is 9.47 Å². The van der Waals surface area contributed by atoms with Crippen LogP contribution in [0.1, 0.15) is 24.2 Å². The van der Waals surface area contributed by atoms with Gasteiger partial charge in [0.25, 0.3) is 0 Å². The molecule has 0 aliphatic carbocycles. The molecule has 4 heteroatoms. The van der Waals surface area contributed by atoms with E-state index in [-0.39, 0.29) is 6.04 Å². The second-order valence-corrected chi connectivity index (χ2v) is 4.54. The van der Waals surface area contributed by atoms with Crippen LogP contribution in [0, 0.1) is 0 Å². The average molecular weight is 256 g/mol. The molecule has 2 aromatic rings. The molecule has 0 saturated heterocycles. The molecule has 0 bridgehead atoms. The van der Waals surface area contributed by atoms with Crippen LogP contribution in [-0.4, -0.2) is 11.8 Å². The zero-order chi connectivity index (χ0) is 13.1. The lowest BCUT2D eigenvalue weighted by atomic mass is 10.1. The molecule has 0 radical (unpaired) electrons. The Labute approximate surface area is 112 Å². The van der Waals surface area contributed by atoms with E-state index in [1.807, 2.05) is 36.5 Å². The third-order valence-electron chi connectivity index (χ3n) is 3.21. The summed E-state index contributed by atoms with van der Waals surface area (Å²) in [6.45, 7) is 3.19. The van der Waals surface area contributed by atoms with Crippen LogP contribution in [0.5, 0.6) is 11.5 Å². The van der Waals surface area contributed by atoms with Crippen LogP contribution in [0.4, 0.5) is 0 Å². The number of hydrogen-bond donors (Lipinski definition) is 1. The molecule has 1 N–H and O–H groups in total. The monoisotopic (exact) mass is 256 g/mol. The molecular weight excluding hydrogens is 240 g/mol. The van der Waals surface area contributed by atoms with Crippen LogP contribution in [-0.2, 0) is 6.54 Å². The number of hydrogen-bond acceptors (Lipinski definition) is 4. The molecule has 3 rings (SSSR count). The first-order valence-corrected chi connectivity index (χ1v) is 6.36. The molecule has 0 spiro atoms. The van der Waals surface area contributed by atoms with E-state index in [2.05, 4.69) is 23.3 Å². The molecule has 19 heavy (non-hydrogen) atoms. The number of pyridine rings is 1. The third-order valence-corrected chi connectivity index (χ3v) is 3.21. The number of fused-ring (bicyclic) bond motifs is 1. The first-order chi connectivity index (χ1) is 9.33. The fourth-order valence-corrected chi connectivity index (χ4v) is 2.06. The van der Waals surface area contributed by atoms with Crippen LogP contribution in [0.3, 0.4) is 0 Å². The third kappa shape index (κ3) is 2.69. The predicted molar refractivity (Wildman–Crippen MR) is 72.1 cm³/mol. The number of rotatable bonds is 4. The summed E-state index contributed by atoms with van der Waals surface area (Å²) in [5, 5.41) is 3.45. The van der Waals surface area contributed by atoms with Crippen molar-refractivity contribution in [3.63, 3.8) is 0 Å². The quantitative estimate of drug-likeness (QED) is 0.913. The minimum Gasteiger partial charge on any atom is -0.454 e. The van der Waals surface area contributed by atoms with Crippen molar-refractivity contribution in [2.24, 2.45) is 0 Å². The van der Waals surface area contributed by atoms with Gasteiger partial charge in [0.2, 0.25) is 6.79 Å². The van der Waals surface area contributed by atoms with E-state index < -0.39 is 0 Å². The molecule has 1 aromatic carbocycles. The number of benzene rings is 1. The normalized spacial score (nSPS) is 14.4. The topological polar surface area (TPSA) is 43.4 Å². The Morgan fingerprint density at radius 3 is 2.95 bits per heavy atom. The Morgan fingerprint density at radius 1 is 1.21 bits per heavy atom. The van der Waals surface area contributed by atoms with Crippen LogP contribution in [0.2, 0.25) is 0 Å². The number of ether oxygens (including phenoxy) is 2. The van der Waals surface area contributed by atoms with Gasteiger partial charge in [-0.25, -0.2) is 0 Å². The van der Waals surface area contributed by atoms with Crippen molar-refractivity contribution in [3.05, 3.63) is 53.9 Å². The van der Waals surface area contributed by atoms with Gasteiger partial charge in [0.1, 0.15) is 0 Å². The van der Waals surface area contributed by atoms with Crippen LogP contribution < -0.4 is 14.8 Å². The summed E-state index contributed by atoms with van der Waals surface area (Å²) in [5.41, 5.74) is 2.22. The van der Waals surface area contributed by atoms with Gasteiger partial charge < -0.3 is 14.8 Å². The van der Waals surface area contributed by atoms with E-state index in [0.717, 1.165) is 23.7 Å². The maximum Gasteiger partial charge on any atom is 0.231 e. The van der Waals surface area contributed by atoms with Crippen molar-refractivity contribution >= 4 is 0 Å². The number of aromatic nitrogens is 1. The highest BCUT2D eigenvalue weighted by Gasteiger charge is 2.15. The zero-order valence-corrected chi connectivity index (χ0v) is 10.8. The van der Waals surface area contributed by atoms with Gasteiger partial charge in [-0.15, -0.1) is 0 Å². The molecule has 98 valence electrons. The van der Waals surface area contributed by atoms with Gasteiger partial charge in [0.05, 0.1) is 5.69 Å². The molecule has 1 atom stereocenters. The summed E-state index contributed by atoms with van der Waals surface area (Å²) in [7, 11) is 0. The minimum atomic E-state index is 0.233. The highest BCUT2D eigenvalue weighted by atomic mass is 16.7. The average Bonchev–Trinajstić information content (AvgIpc) is 2.93. The molecule has 1 unspecified atom stereocenters. The van der Waals surface area contributed by atoms with Gasteiger partial charge in [-0.2, -0.15) is 0 Å². The van der Waals surface area contributed by atoms with Gasteiger partial charge in [0, 0.05) is 18.8 Å². The first kappa shape index (κ1) is 12.0. The Hall–Kier alpha value is -2.07. The first-order valence-electron chi connectivity index (χ1n) is 6.36. The maximum absolute atomic E-state index is 5.39. The summed E-state index contributed by atoms with van der Waals surface area (Å²) in [5.74, 6) is 1.64. The summed E-state index contributed by atoms with van der Waals surface area (Å²) in [4.78, 5) is 4.30. The molecule has 0 saturated carbocycles. The van der Waals surface area contributed by atoms with E-state index in [1.54, 1.807) is 0 Å². The molecule has 4 nitrogen and oxygen atoms in total. The van der Waals surface area contributed by atoms with E-state index in [9.17, 15) is 0 Å². The molecule has 1 aromatic heterocycles. The summed E-state index contributed by atoms with van der Waals surface area (Å²) >= 11 is 0. The Bertz CT molecular complexity index is 557. The smallest absolute Gasteiger partial charge is 0.231 e. The van der Waals surface area contributed by atoms with Crippen LogP contribution >= 0.6 is 0 Å². The van der Waals surface area contributed by atoms with Gasteiger partial charge in [-0.3, -0.25) is 4.98 Å². The lowest BCUT2D eigenvalue weighted by molar-refractivity contribution is 0.174. The number of nitrogens with one attached hydrogen (secondary N) is 1. The second-order valence-electron chi connectivity index (χ2n) is 4.54. The summed E-state index contributed by atoms with van der Waals surface area (Å²) in [6.07, 6.45) is 1.81. The van der Waals surface area contributed by atoms with E-state index in [0.29, 0.717) is 6.79 Å². The van der Waals surface area contributed by atoms with Crippen molar-refractivity contribution in [2.45, 2.75) is 19.5 Å². The zero-order valence-electron chi connectivity index (χ0n) is 10.8. The summed E-state index contributed by atoms with van der Waals surface area (Å²) < 4.78 is 10.7. The fourth-order valence-electron chi connectivity index (χ4n) is 2.06. The minimum absolute atomic E-state index is 0.233. The molecular formula is C15H16N2O2. The molecule has 0 fully saturated rings. The second kappa shape index (κ2) is 5.28. The SMILES string of the molecule is CC(NCc1ccccn1)c1ccc2c(c1)OCO2. The maximum atomic E-state index is 5.39.